The molecule has 1 heterocycles. The maximum Gasteiger partial charge on any atom is 0.349 e. The monoisotopic (exact) mass is 214 g/mol. The van der Waals surface area contributed by atoms with Gasteiger partial charge in [-0.15, -0.1) is 0 Å². The summed E-state index contributed by atoms with van der Waals surface area (Å²) in [6.07, 6.45) is 4.06. The van der Waals surface area contributed by atoms with E-state index in [0.29, 0.717) is 5.69 Å². The van der Waals surface area contributed by atoms with Crippen LogP contribution in [0.5, 0.6) is 0 Å². The lowest BCUT2D eigenvalue weighted by Gasteiger charge is -1.97. The number of carboxylic acids is 1. The van der Waals surface area contributed by atoms with Gasteiger partial charge in [-0.2, -0.15) is 4.37 Å². The molecule has 1 aromatic rings. The number of aryl methyl sites for hydroxylation is 1. The first-order chi connectivity index (χ1) is 6.66. The average Bonchev–Trinajstić information content (AvgIpc) is 2.48. The number of rotatable bonds is 5. The number of carboxylic acid groups (broad SMARTS) is 1. The molecular weight excluding hydrogens is 200 g/mol. The highest BCUT2D eigenvalue weighted by Crippen LogP contribution is 2.23. The second kappa shape index (κ2) is 4.95. The zero-order valence-corrected chi connectivity index (χ0v) is 8.93. The first-order valence-electron chi connectivity index (χ1n) is 4.64. The molecule has 0 spiro atoms. The van der Waals surface area contributed by atoms with Gasteiger partial charge >= 0.3 is 5.97 Å². The molecule has 0 amide bonds. The summed E-state index contributed by atoms with van der Waals surface area (Å²) in [5.41, 5.74) is 6.74. The van der Waals surface area contributed by atoms with Crippen molar-refractivity contribution in [1.82, 2.24) is 4.37 Å². The molecule has 0 aliphatic rings. The fourth-order valence-corrected chi connectivity index (χ4v) is 1.89. The van der Waals surface area contributed by atoms with Crippen LogP contribution >= 0.6 is 11.5 Å². The average molecular weight is 214 g/mol. The summed E-state index contributed by atoms with van der Waals surface area (Å²) in [7, 11) is 0. The van der Waals surface area contributed by atoms with Crippen molar-refractivity contribution in [3.8, 4) is 0 Å². The summed E-state index contributed by atoms with van der Waals surface area (Å²) < 4.78 is 4.04. The van der Waals surface area contributed by atoms with Gasteiger partial charge in [0.05, 0.1) is 11.4 Å². The third kappa shape index (κ3) is 2.45. The van der Waals surface area contributed by atoms with Crippen molar-refractivity contribution >= 4 is 23.2 Å². The number of hydrogen-bond donors (Lipinski definition) is 2. The van der Waals surface area contributed by atoms with Crippen LogP contribution in [0.3, 0.4) is 0 Å². The zero-order chi connectivity index (χ0) is 10.6. The lowest BCUT2D eigenvalue weighted by molar-refractivity contribution is 0.0703. The smallest absolute Gasteiger partial charge is 0.349 e. The Labute approximate surface area is 86.9 Å². The van der Waals surface area contributed by atoms with E-state index in [2.05, 4.69) is 11.3 Å². The third-order valence-electron chi connectivity index (χ3n) is 2.01. The number of hydrogen-bond acceptors (Lipinski definition) is 4. The van der Waals surface area contributed by atoms with Crippen LogP contribution in [-0.2, 0) is 6.42 Å². The Hall–Kier alpha value is -1.10. The van der Waals surface area contributed by atoms with Gasteiger partial charge in [-0.1, -0.05) is 19.8 Å². The van der Waals surface area contributed by atoms with Gasteiger partial charge in [0.25, 0.3) is 0 Å². The number of nitrogen functional groups attached to an aromatic ring is 1. The fraction of sp³-hybridized carbons (Fsp3) is 0.556. The van der Waals surface area contributed by atoms with Gasteiger partial charge in [0, 0.05) is 0 Å². The summed E-state index contributed by atoms with van der Waals surface area (Å²) in [5.74, 6) is -0.984. The predicted molar refractivity (Wildman–Crippen MR) is 56.7 cm³/mol. The van der Waals surface area contributed by atoms with Crippen molar-refractivity contribution in [2.75, 3.05) is 5.73 Å². The molecule has 0 saturated heterocycles. The van der Waals surface area contributed by atoms with Crippen LogP contribution in [0.4, 0.5) is 5.69 Å². The highest BCUT2D eigenvalue weighted by molar-refractivity contribution is 7.08. The number of unbranched alkanes of at least 4 members (excludes halogenated alkanes) is 2. The second-order valence-electron chi connectivity index (χ2n) is 3.13. The number of aromatic nitrogens is 1. The molecule has 4 nitrogen and oxygen atoms in total. The quantitative estimate of drug-likeness (QED) is 0.736. The van der Waals surface area contributed by atoms with E-state index in [-0.39, 0.29) is 4.88 Å². The standard InChI is InChI=1S/C9H14N2O2S/c1-2-3-4-5-6-7(10)8(9(12)13)14-11-6/h2-5,10H2,1H3,(H,12,13). The summed E-state index contributed by atoms with van der Waals surface area (Å²) >= 11 is 0.968. The van der Waals surface area contributed by atoms with Gasteiger partial charge in [-0.05, 0) is 24.4 Å². The van der Waals surface area contributed by atoms with Gasteiger partial charge in [0.15, 0.2) is 4.88 Å². The normalized spacial score (nSPS) is 10.4. The number of nitrogens with zero attached hydrogens (tertiary/aromatic N) is 1. The van der Waals surface area contributed by atoms with Crippen molar-refractivity contribution < 1.29 is 9.90 Å². The third-order valence-corrected chi connectivity index (χ3v) is 2.90. The van der Waals surface area contributed by atoms with Gasteiger partial charge in [-0.25, -0.2) is 4.79 Å². The van der Waals surface area contributed by atoms with E-state index < -0.39 is 5.97 Å². The Balaban J connectivity index is 2.65. The molecule has 0 aliphatic carbocycles. The van der Waals surface area contributed by atoms with Crippen molar-refractivity contribution in [1.29, 1.82) is 0 Å². The van der Waals surface area contributed by atoms with Gasteiger partial charge in [0.2, 0.25) is 0 Å². The first-order valence-corrected chi connectivity index (χ1v) is 5.41. The minimum Gasteiger partial charge on any atom is -0.477 e. The van der Waals surface area contributed by atoms with Crippen LogP contribution in [0.15, 0.2) is 0 Å². The lowest BCUT2D eigenvalue weighted by atomic mass is 10.1. The topological polar surface area (TPSA) is 76.2 Å². The molecule has 0 radical (unpaired) electrons. The molecule has 0 atom stereocenters. The SMILES string of the molecule is CCCCCc1nsc(C(=O)O)c1N. The fourth-order valence-electron chi connectivity index (χ4n) is 1.21. The van der Waals surface area contributed by atoms with Crippen molar-refractivity contribution in [2.24, 2.45) is 0 Å². The van der Waals surface area contributed by atoms with Gasteiger partial charge < -0.3 is 10.8 Å². The molecule has 0 saturated carbocycles. The molecule has 0 bridgehead atoms. The van der Waals surface area contributed by atoms with Gasteiger partial charge in [-0.3, -0.25) is 0 Å². The Morgan fingerprint density at radius 2 is 2.29 bits per heavy atom. The van der Waals surface area contributed by atoms with Crippen molar-refractivity contribution in [3.05, 3.63) is 10.6 Å². The second-order valence-corrected chi connectivity index (χ2v) is 3.91. The number of nitrogens with two attached hydrogens (primary N) is 1. The van der Waals surface area contributed by atoms with Crippen LogP contribution < -0.4 is 5.73 Å². The van der Waals surface area contributed by atoms with E-state index in [1.54, 1.807) is 0 Å². The van der Waals surface area contributed by atoms with E-state index in [0.717, 1.165) is 42.9 Å². The summed E-state index contributed by atoms with van der Waals surface area (Å²) in [5, 5.41) is 8.74. The van der Waals surface area contributed by atoms with Crippen LogP contribution in [0, 0.1) is 0 Å². The first kappa shape index (κ1) is 11.0. The van der Waals surface area contributed by atoms with E-state index in [1.165, 1.54) is 0 Å². The minimum absolute atomic E-state index is 0.163. The minimum atomic E-state index is -0.984. The van der Waals surface area contributed by atoms with E-state index in [4.69, 9.17) is 10.8 Å². The Bertz CT molecular complexity index is 323. The Morgan fingerprint density at radius 1 is 1.57 bits per heavy atom. The number of anilines is 1. The summed E-state index contributed by atoms with van der Waals surface area (Å²) in [4.78, 5) is 10.8. The highest BCUT2D eigenvalue weighted by Gasteiger charge is 2.15. The number of aromatic carboxylic acids is 1. The molecule has 78 valence electrons. The number of carbonyl (C=O) groups is 1. The molecule has 0 aliphatic heterocycles. The molecule has 0 fully saturated rings. The van der Waals surface area contributed by atoms with Crippen LogP contribution in [0.1, 0.15) is 41.6 Å². The van der Waals surface area contributed by atoms with Crippen LogP contribution in [0.2, 0.25) is 0 Å². The summed E-state index contributed by atoms with van der Waals surface area (Å²) in [6.45, 7) is 2.12. The summed E-state index contributed by atoms with van der Waals surface area (Å²) in [6, 6.07) is 0. The van der Waals surface area contributed by atoms with Crippen molar-refractivity contribution in [2.45, 2.75) is 32.6 Å². The molecule has 0 aromatic carbocycles. The molecule has 1 aromatic heterocycles. The molecule has 1 rings (SSSR count). The molecule has 5 heteroatoms. The lowest BCUT2D eigenvalue weighted by Crippen LogP contribution is -2.00. The largest absolute Gasteiger partial charge is 0.477 e. The molecular formula is C9H14N2O2S. The van der Waals surface area contributed by atoms with Crippen molar-refractivity contribution in [3.63, 3.8) is 0 Å². The molecule has 3 N–H and O–H groups in total. The molecule has 0 unspecified atom stereocenters. The highest BCUT2D eigenvalue weighted by atomic mass is 32.1. The van der Waals surface area contributed by atoms with E-state index in [1.807, 2.05) is 0 Å². The molecule has 14 heavy (non-hydrogen) atoms. The van der Waals surface area contributed by atoms with E-state index in [9.17, 15) is 4.79 Å². The predicted octanol–water partition coefficient (Wildman–Crippen LogP) is 2.16. The van der Waals surface area contributed by atoms with E-state index >= 15 is 0 Å². The Kier molecular flexibility index (Phi) is 3.88. The van der Waals surface area contributed by atoms with Crippen LogP contribution in [-0.4, -0.2) is 15.4 Å². The maximum absolute atomic E-state index is 10.7. The maximum atomic E-state index is 10.7. The van der Waals surface area contributed by atoms with Crippen LogP contribution in [0.25, 0.3) is 0 Å². The Morgan fingerprint density at radius 3 is 2.79 bits per heavy atom. The van der Waals surface area contributed by atoms with Gasteiger partial charge in [0.1, 0.15) is 0 Å². The zero-order valence-electron chi connectivity index (χ0n) is 8.12.